The summed E-state index contributed by atoms with van der Waals surface area (Å²) in [5.74, 6) is 6.66. The van der Waals surface area contributed by atoms with Crippen molar-refractivity contribution in [1.82, 2.24) is 0 Å². The van der Waals surface area contributed by atoms with Crippen LogP contribution in [0.2, 0.25) is 0 Å². The average Bonchev–Trinajstić information content (AvgIpc) is 2.26. The molecule has 0 aromatic carbocycles. The monoisotopic (exact) mass is 238 g/mol. The van der Waals surface area contributed by atoms with E-state index in [0.29, 0.717) is 5.41 Å². The summed E-state index contributed by atoms with van der Waals surface area (Å²) in [7, 11) is 0. The van der Waals surface area contributed by atoms with Gasteiger partial charge < -0.3 is 4.74 Å². The molecule has 17 heavy (non-hydrogen) atoms. The van der Waals surface area contributed by atoms with Crippen LogP contribution in [0.15, 0.2) is 0 Å². The summed E-state index contributed by atoms with van der Waals surface area (Å²) in [5.41, 5.74) is 0.458. The molecule has 1 nitrogen and oxygen atoms in total. The van der Waals surface area contributed by atoms with Gasteiger partial charge in [0.05, 0.1) is 0 Å². The first kappa shape index (κ1) is 16.5. The molecule has 0 spiro atoms. The van der Waals surface area contributed by atoms with Gasteiger partial charge >= 0.3 is 0 Å². The molecule has 0 aliphatic carbocycles. The zero-order valence-electron chi connectivity index (χ0n) is 12.8. The summed E-state index contributed by atoms with van der Waals surface area (Å²) in [6.45, 7) is 16.1. The Balaban J connectivity index is 4.58. The zero-order chi connectivity index (χ0) is 13.5. The van der Waals surface area contributed by atoms with Crippen LogP contribution in [0.4, 0.5) is 0 Å². The van der Waals surface area contributed by atoms with Gasteiger partial charge in [0.2, 0.25) is 0 Å². The van der Waals surface area contributed by atoms with E-state index in [1.165, 1.54) is 12.8 Å². The lowest BCUT2D eigenvalue weighted by atomic mass is 9.81. The summed E-state index contributed by atoms with van der Waals surface area (Å²) in [6, 6.07) is 0. The minimum atomic E-state index is 0.0467. The minimum Gasteiger partial charge on any atom is -0.365 e. The van der Waals surface area contributed by atoms with Crippen LogP contribution < -0.4 is 0 Å². The molecule has 1 atom stereocenters. The fourth-order valence-corrected chi connectivity index (χ4v) is 1.53. The Morgan fingerprint density at radius 3 is 1.88 bits per heavy atom. The summed E-state index contributed by atoms with van der Waals surface area (Å²) in [4.78, 5) is 0. The van der Waals surface area contributed by atoms with Crippen molar-refractivity contribution in [1.29, 1.82) is 0 Å². The van der Waals surface area contributed by atoms with Crippen molar-refractivity contribution in [2.24, 2.45) is 10.8 Å². The van der Waals surface area contributed by atoms with Crippen LogP contribution >= 0.6 is 0 Å². The van der Waals surface area contributed by atoms with Crippen LogP contribution in [0, 0.1) is 22.7 Å². The molecule has 0 aliphatic heterocycles. The fraction of sp³-hybridized carbons (Fsp3) is 0.875. The molecule has 0 aromatic heterocycles. The highest BCUT2D eigenvalue weighted by Crippen LogP contribution is 2.29. The van der Waals surface area contributed by atoms with Crippen LogP contribution in [-0.4, -0.2) is 12.7 Å². The second kappa shape index (κ2) is 7.07. The second-order valence-electron chi connectivity index (χ2n) is 6.22. The van der Waals surface area contributed by atoms with Gasteiger partial charge in [-0.2, -0.15) is 0 Å². The van der Waals surface area contributed by atoms with Crippen molar-refractivity contribution >= 4 is 0 Å². The van der Waals surface area contributed by atoms with E-state index in [1.54, 1.807) is 0 Å². The molecule has 0 saturated carbocycles. The van der Waals surface area contributed by atoms with Gasteiger partial charge in [0, 0.05) is 13.0 Å². The van der Waals surface area contributed by atoms with E-state index in [9.17, 15) is 0 Å². The Morgan fingerprint density at radius 2 is 1.53 bits per heavy atom. The van der Waals surface area contributed by atoms with E-state index < -0.39 is 0 Å². The predicted octanol–water partition coefficient (Wildman–Crippen LogP) is 4.66. The van der Waals surface area contributed by atoms with Gasteiger partial charge in [0.25, 0.3) is 0 Å². The largest absolute Gasteiger partial charge is 0.365 e. The van der Waals surface area contributed by atoms with Crippen molar-refractivity contribution in [2.75, 3.05) is 6.61 Å². The molecule has 0 saturated heterocycles. The molecule has 1 heteroatoms. The number of hydrogen-bond donors (Lipinski definition) is 0. The lowest BCUT2D eigenvalue weighted by molar-refractivity contribution is 0.0291. The molecule has 1 unspecified atom stereocenters. The quantitative estimate of drug-likeness (QED) is 0.633. The fourth-order valence-electron chi connectivity index (χ4n) is 1.53. The Morgan fingerprint density at radius 1 is 1.00 bits per heavy atom. The molecule has 100 valence electrons. The lowest BCUT2D eigenvalue weighted by Gasteiger charge is -2.27. The standard InChI is InChI=1S/C16H30O/c1-8-16(7,9-2)13-11-12-14(17-10-3)15(4,5)6/h14H,8-10,13H2,1-7H3. The summed E-state index contributed by atoms with van der Waals surface area (Å²) >= 11 is 0. The molecule has 0 rings (SSSR count). The summed E-state index contributed by atoms with van der Waals surface area (Å²) in [6.07, 6.45) is 3.39. The molecule has 0 radical (unpaired) electrons. The van der Waals surface area contributed by atoms with Gasteiger partial charge in [-0.05, 0) is 30.6 Å². The van der Waals surface area contributed by atoms with E-state index in [4.69, 9.17) is 4.74 Å². The maximum Gasteiger partial charge on any atom is 0.122 e. The first-order valence-corrected chi connectivity index (χ1v) is 6.89. The van der Waals surface area contributed by atoms with Gasteiger partial charge in [0.1, 0.15) is 6.10 Å². The third-order valence-electron chi connectivity index (χ3n) is 3.58. The van der Waals surface area contributed by atoms with E-state index in [1.807, 2.05) is 6.92 Å². The van der Waals surface area contributed by atoms with E-state index >= 15 is 0 Å². The molecule has 0 fully saturated rings. The van der Waals surface area contributed by atoms with Gasteiger partial charge in [-0.1, -0.05) is 53.4 Å². The zero-order valence-corrected chi connectivity index (χ0v) is 12.8. The van der Waals surface area contributed by atoms with Crippen LogP contribution in [0.3, 0.4) is 0 Å². The van der Waals surface area contributed by atoms with Gasteiger partial charge in [-0.3, -0.25) is 0 Å². The number of hydrogen-bond acceptors (Lipinski definition) is 1. The molecule has 0 aliphatic rings. The minimum absolute atomic E-state index is 0.0467. The summed E-state index contributed by atoms with van der Waals surface area (Å²) < 4.78 is 5.71. The topological polar surface area (TPSA) is 9.23 Å². The maximum absolute atomic E-state index is 5.71. The maximum atomic E-state index is 5.71. The van der Waals surface area contributed by atoms with Crippen LogP contribution in [-0.2, 0) is 4.74 Å². The van der Waals surface area contributed by atoms with Gasteiger partial charge in [-0.25, -0.2) is 0 Å². The molecule has 0 bridgehead atoms. The molecule has 0 amide bonds. The third kappa shape index (κ3) is 6.13. The second-order valence-corrected chi connectivity index (χ2v) is 6.22. The van der Waals surface area contributed by atoms with E-state index in [-0.39, 0.29) is 11.5 Å². The van der Waals surface area contributed by atoms with Gasteiger partial charge in [0.15, 0.2) is 0 Å². The predicted molar refractivity (Wildman–Crippen MR) is 76.0 cm³/mol. The van der Waals surface area contributed by atoms with Crippen LogP contribution in [0.5, 0.6) is 0 Å². The Hall–Kier alpha value is -0.480. The highest BCUT2D eigenvalue weighted by atomic mass is 16.5. The first-order valence-electron chi connectivity index (χ1n) is 6.89. The van der Waals surface area contributed by atoms with Crippen molar-refractivity contribution in [3.05, 3.63) is 0 Å². The van der Waals surface area contributed by atoms with Gasteiger partial charge in [-0.15, -0.1) is 0 Å². The molecule has 0 N–H and O–H groups in total. The van der Waals surface area contributed by atoms with Crippen molar-refractivity contribution in [3.63, 3.8) is 0 Å². The average molecular weight is 238 g/mol. The Labute approximate surface area is 108 Å². The third-order valence-corrected chi connectivity index (χ3v) is 3.58. The van der Waals surface area contributed by atoms with Crippen molar-refractivity contribution in [2.45, 2.75) is 73.8 Å². The van der Waals surface area contributed by atoms with Crippen molar-refractivity contribution in [3.8, 4) is 11.8 Å². The van der Waals surface area contributed by atoms with Crippen LogP contribution in [0.1, 0.15) is 67.7 Å². The molecular formula is C16H30O. The Kier molecular flexibility index (Phi) is 6.87. The van der Waals surface area contributed by atoms with Crippen molar-refractivity contribution < 1.29 is 4.74 Å². The molecule has 0 heterocycles. The molecule has 0 aromatic rings. The first-order chi connectivity index (χ1) is 7.79. The van der Waals surface area contributed by atoms with E-state index in [0.717, 1.165) is 13.0 Å². The SMILES string of the molecule is CCOC(C#CCC(C)(CC)CC)C(C)(C)C. The van der Waals surface area contributed by atoms with Crippen LogP contribution in [0.25, 0.3) is 0 Å². The summed E-state index contributed by atoms with van der Waals surface area (Å²) in [5, 5.41) is 0. The number of ether oxygens (including phenoxy) is 1. The Bertz CT molecular complexity index is 257. The lowest BCUT2D eigenvalue weighted by Crippen LogP contribution is -2.28. The molecular weight excluding hydrogens is 208 g/mol. The number of rotatable bonds is 5. The smallest absolute Gasteiger partial charge is 0.122 e. The normalized spacial score (nSPS) is 14.1. The highest BCUT2D eigenvalue weighted by Gasteiger charge is 2.23. The van der Waals surface area contributed by atoms with E-state index in [2.05, 4.69) is 53.4 Å². The highest BCUT2D eigenvalue weighted by molar-refractivity contribution is 5.10.